The van der Waals surface area contributed by atoms with E-state index < -0.39 is 11.5 Å². The number of Topliss-reactive ketones (excluding diaryl/α,β-unsaturated/α-hetero) is 1. The Morgan fingerprint density at radius 1 is 1.15 bits per heavy atom. The first kappa shape index (κ1) is 17.3. The van der Waals surface area contributed by atoms with Crippen molar-refractivity contribution in [2.45, 2.75) is 18.8 Å². The number of nitrogens with one attached hydrogen (secondary N) is 2. The zero-order chi connectivity index (χ0) is 19.0. The highest BCUT2D eigenvalue weighted by Gasteiger charge is 2.30. The molecule has 0 bridgehead atoms. The number of aromatic amines is 1. The zero-order valence-corrected chi connectivity index (χ0v) is 14.9. The molecule has 1 aliphatic carbocycles. The molecule has 2 heterocycles. The number of halogens is 1. The third kappa shape index (κ3) is 3.44. The minimum Gasteiger partial charge on any atom is -0.469 e. The van der Waals surface area contributed by atoms with Gasteiger partial charge in [-0.15, -0.1) is 0 Å². The summed E-state index contributed by atoms with van der Waals surface area (Å²) in [7, 11) is 0. The fraction of sp³-hybridized carbons (Fsp3) is 0.150. The highest BCUT2D eigenvalue weighted by atomic mass is 35.5. The van der Waals surface area contributed by atoms with Crippen LogP contribution in [0.4, 0.5) is 5.69 Å². The van der Waals surface area contributed by atoms with E-state index in [9.17, 15) is 14.4 Å². The second-order valence-electron chi connectivity index (χ2n) is 6.41. The standard InChI is InChI=1S/C20H15ClN2O4/c21-12-3-5-13(6-4-12)22-19(25)15-10-14-16(23-20(15)26)8-11(9-17(14)24)18-2-1-7-27-18/h1-7,10-11H,8-9H2,(H,22,25)(H,23,26)/t11-/m0/s1. The SMILES string of the molecule is O=C1C[C@@H](c2ccco2)Cc2[nH]c(=O)c(C(=O)Nc3ccc(Cl)cc3)cc21. The molecular formula is C20H15ClN2O4. The highest BCUT2D eigenvalue weighted by Crippen LogP contribution is 2.31. The minimum absolute atomic E-state index is 0.103. The summed E-state index contributed by atoms with van der Waals surface area (Å²) in [6, 6.07) is 11.5. The van der Waals surface area contributed by atoms with Gasteiger partial charge in [-0.2, -0.15) is 0 Å². The quantitative estimate of drug-likeness (QED) is 0.720. The van der Waals surface area contributed by atoms with Crippen LogP contribution in [0.3, 0.4) is 0 Å². The molecule has 0 aliphatic heterocycles. The molecule has 2 aromatic heterocycles. The van der Waals surface area contributed by atoms with Crippen LogP contribution in [0.15, 0.2) is 57.9 Å². The number of carbonyl (C=O) groups excluding carboxylic acids is 2. The number of H-pyrrole nitrogens is 1. The number of anilines is 1. The van der Waals surface area contributed by atoms with E-state index in [0.29, 0.717) is 34.1 Å². The van der Waals surface area contributed by atoms with Gasteiger partial charge in [0, 0.05) is 34.3 Å². The summed E-state index contributed by atoms with van der Waals surface area (Å²) in [6.45, 7) is 0. The molecule has 2 N–H and O–H groups in total. The summed E-state index contributed by atoms with van der Waals surface area (Å²) in [6.07, 6.45) is 2.30. The van der Waals surface area contributed by atoms with Crippen molar-refractivity contribution in [1.82, 2.24) is 4.98 Å². The molecule has 0 radical (unpaired) electrons. The molecule has 27 heavy (non-hydrogen) atoms. The number of benzene rings is 1. The van der Waals surface area contributed by atoms with Crippen molar-refractivity contribution in [3.8, 4) is 0 Å². The number of hydrogen-bond donors (Lipinski definition) is 2. The third-order valence-electron chi connectivity index (χ3n) is 4.60. The van der Waals surface area contributed by atoms with Gasteiger partial charge in [-0.05, 0) is 48.9 Å². The van der Waals surface area contributed by atoms with E-state index in [2.05, 4.69) is 10.3 Å². The van der Waals surface area contributed by atoms with Gasteiger partial charge in [-0.25, -0.2) is 0 Å². The number of rotatable bonds is 3. The van der Waals surface area contributed by atoms with Crippen molar-refractivity contribution in [3.05, 3.63) is 86.7 Å². The van der Waals surface area contributed by atoms with Crippen LogP contribution in [0, 0.1) is 0 Å². The van der Waals surface area contributed by atoms with Gasteiger partial charge in [-0.1, -0.05) is 11.6 Å². The average molecular weight is 383 g/mol. The molecule has 1 aromatic carbocycles. The van der Waals surface area contributed by atoms with E-state index in [1.165, 1.54) is 6.07 Å². The lowest BCUT2D eigenvalue weighted by Gasteiger charge is -2.22. The second-order valence-corrected chi connectivity index (χ2v) is 6.85. The molecule has 7 heteroatoms. The number of ketones is 1. The highest BCUT2D eigenvalue weighted by molar-refractivity contribution is 6.30. The molecule has 0 saturated carbocycles. The van der Waals surface area contributed by atoms with Gasteiger partial charge in [0.2, 0.25) is 0 Å². The first-order valence-electron chi connectivity index (χ1n) is 8.41. The van der Waals surface area contributed by atoms with Crippen molar-refractivity contribution in [3.63, 3.8) is 0 Å². The molecule has 1 aliphatic rings. The summed E-state index contributed by atoms with van der Waals surface area (Å²) in [5.74, 6) is -0.124. The van der Waals surface area contributed by atoms with Crippen molar-refractivity contribution >= 4 is 29.0 Å². The molecule has 3 aromatic rings. The topological polar surface area (TPSA) is 92.2 Å². The van der Waals surface area contributed by atoms with Gasteiger partial charge in [0.15, 0.2) is 5.78 Å². The molecule has 6 nitrogen and oxygen atoms in total. The summed E-state index contributed by atoms with van der Waals surface area (Å²) in [5.41, 5.74) is 0.770. The Kier molecular flexibility index (Phi) is 4.41. The van der Waals surface area contributed by atoms with Crippen molar-refractivity contribution < 1.29 is 14.0 Å². The summed E-state index contributed by atoms with van der Waals surface area (Å²) in [4.78, 5) is 40.1. The normalized spacial score (nSPS) is 16.0. The van der Waals surface area contributed by atoms with Crippen LogP contribution in [-0.4, -0.2) is 16.7 Å². The number of amides is 1. The Morgan fingerprint density at radius 2 is 1.93 bits per heavy atom. The van der Waals surface area contributed by atoms with Crippen LogP contribution >= 0.6 is 11.6 Å². The number of aromatic nitrogens is 1. The van der Waals surface area contributed by atoms with Crippen LogP contribution in [0.25, 0.3) is 0 Å². The zero-order valence-electron chi connectivity index (χ0n) is 14.1. The van der Waals surface area contributed by atoms with Gasteiger partial charge in [-0.3, -0.25) is 14.4 Å². The Labute approximate surface area is 159 Å². The molecule has 1 atom stereocenters. The first-order valence-corrected chi connectivity index (χ1v) is 8.79. The molecule has 136 valence electrons. The molecule has 0 unspecified atom stereocenters. The molecular weight excluding hydrogens is 368 g/mol. The van der Waals surface area contributed by atoms with E-state index in [-0.39, 0.29) is 23.7 Å². The Morgan fingerprint density at radius 3 is 2.63 bits per heavy atom. The van der Waals surface area contributed by atoms with Gasteiger partial charge in [0.25, 0.3) is 11.5 Å². The van der Waals surface area contributed by atoms with E-state index in [1.54, 1.807) is 36.6 Å². The van der Waals surface area contributed by atoms with Gasteiger partial charge < -0.3 is 14.7 Å². The Bertz CT molecular complexity index is 1070. The lowest BCUT2D eigenvalue weighted by molar-refractivity contribution is 0.0959. The maximum absolute atomic E-state index is 12.6. The Balaban J connectivity index is 1.62. The average Bonchev–Trinajstić information content (AvgIpc) is 3.17. The summed E-state index contributed by atoms with van der Waals surface area (Å²) < 4.78 is 5.39. The monoisotopic (exact) mass is 382 g/mol. The number of hydrogen-bond acceptors (Lipinski definition) is 4. The van der Waals surface area contributed by atoms with Crippen LogP contribution in [0.5, 0.6) is 0 Å². The predicted molar refractivity (Wildman–Crippen MR) is 101 cm³/mol. The maximum atomic E-state index is 12.6. The van der Waals surface area contributed by atoms with Crippen molar-refractivity contribution in [2.75, 3.05) is 5.32 Å². The van der Waals surface area contributed by atoms with Crippen LogP contribution in [0.1, 0.15) is 44.5 Å². The molecule has 4 rings (SSSR count). The lowest BCUT2D eigenvalue weighted by atomic mass is 9.84. The van der Waals surface area contributed by atoms with Gasteiger partial charge >= 0.3 is 0 Å². The van der Waals surface area contributed by atoms with Crippen molar-refractivity contribution in [2.24, 2.45) is 0 Å². The first-order chi connectivity index (χ1) is 13.0. The van der Waals surface area contributed by atoms with E-state index in [1.807, 2.05) is 6.07 Å². The Hall–Kier alpha value is -3.12. The van der Waals surface area contributed by atoms with Crippen LogP contribution in [-0.2, 0) is 6.42 Å². The largest absolute Gasteiger partial charge is 0.469 e. The van der Waals surface area contributed by atoms with Gasteiger partial charge in [0.05, 0.1) is 6.26 Å². The maximum Gasteiger partial charge on any atom is 0.261 e. The predicted octanol–water partition coefficient (Wildman–Crippen LogP) is 3.79. The second kappa shape index (κ2) is 6.89. The molecule has 0 fully saturated rings. The molecule has 0 spiro atoms. The third-order valence-corrected chi connectivity index (χ3v) is 4.85. The summed E-state index contributed by atoms with van der Waals surface area (Å²) in [5, 5.41) is 3.17. The number of furan rings is 1. The van der Waals surface area contributed by atoms with E-state index in [0.717, 1.165) is 0 Å². The lowest BCUT2D eigenvalue weighted by Crippen LogP contribution is -2.29. The fourth-order valence-corrected chi connectivity index (χ4v) is 3.38. The van der Waals surface area contributed by atoms with E-state index >= 15 is 0 Å². The van der Waals surface area contributed by atoms with Gasteiger partial charge in [0.1, 0.15) is 11.3 Å². The number of carbonyl (C=O) groups is 2. The minimum atomic E-state index is -0.581. The van der Waals surface area contributed by atoms with Crippen molar-refractivity contribution in [1.29, 1.82) is 0 Å². The molecule has 0 saturated heterocycles. The van der Waals surface area contributed by atoms with E-state index in [4.69, 9.17) is 16.0 Å². The number of fused-ring (bicyclic) bond motifs is 1. The van der Waals surface area contributed by atoms with Crippen LogP contribution in [0.2, 0.25) is 5.02 Å². The fourth-order valence-electron chi connectivity index (χ4n) is 3.26. The summed E-state index contributed by atoms with van der Waals surface area (Å²) >= 11 is 5.82. The smallest absolute Gasteiger partial charge is 0.261 e. The molecule has 1 amide bonds. The van der Waals surface area contributed by atoms with Crippen LogP contribution < -0.4 is 10.9 Å². The number of pyridine rings is 1.